The van der Waals surface area contributed by atoms with Crippen LogP contribution in [-0.4, -0.2) is 23.0 Å². The molecular formula is C16H23NO3. The van der Waals surface area contributed by atoms with E-state index in [9.17, 15) is 9.59 Å². The summed E-state index contributed by atoms with van der Waals surface area (Å²) in [5.74, 6) is -0.705. The first-order valence-electron chi connectivity index (χ1n) is 6.93. The van der Waals surface area contributed by atoms with Crippen molar-refractivity contribution in [1.82, 2.24) is 5.32 Å². The Balaban J connectivity index is 2.59. The minimum Gasteiger partial charge on any atom is -0.480 e. The van der Waals surface area contributed by atoms with E-state index in [2.05, 4.69) is 31.3 Å². The van der Waals surface area contributed by atoms with Crippen LogP contribution in [0.4, 0.5) is 0 Å². The van der Waals surface area contributed by atoms with E-state index in [1.165, 1.54) is 12.5 Å². The number of benzene rings is 1. The lowest BCUT2D eigenvalue weighted by Crippen LogP contribution is -2.38. The van der Waals surface area contributed by atoms with Crippen LogP contribution in [0.5, 0.6) is 0 Å². The van der Waals surface area contributed by atoms with Gasteiger partial charge in [0.15, 0.2) is 0 Å². The topological polar surface area (TPSA) is 66.4 Å². The number of amides is 1. The summed E-state index contributed by atoms with van der Waals surface area (Å²) in [6.45, 7) is 7.70. The average molecular weight is 277 g/mol. The highest BCUT2D eigenvalue weighted by molar-refractivity contribution is 5.83. The third-order valence-electron chi connectivity index (χ3n) is 3.41. The number of rotatable bonds is 6. The molecule has 1 aromatic rings. The van der Waals surface area contributed by atoms with Crippen LogP contribution in [0.15, 0.2) is 24.3 Å². The lowest BCUT2D eigenvalue weighted by molar-refractivity contribution is -0.141. The van der Waals surface area contributed by atoms with Crippen molar-refractivity contribution in [2.24, 2.45) is 0 Å². The number of carbonyl (C=O) groups excluding carboxylic acids is 1. The van der Waals surface area contributed by atoms with Gasteiger partial charge >= 0.3 is 5.97 Å². The van der Waals surface area contributed by atoms with E-state index in [4.69, 9.17) is 5.11 Å². The molecule has 0 saturated carbocycles. The van der Waals surface area contributed by atoms with Crippen LogP contribution in [0.2, 0.25) is 0 Å². The molecule has 4 heteroatoms. The number of carbonyl (C=O) groups is 2. The fraction of sp³-hybridized carbons (Fsp3) is 0.500. The summed E-state index contributed by atoms with van der Waals surface area (Å²) in [4.78, 5) is 22.4. The van der Waals surface area contributed by atoms with Gasteiger partial charge in [0.25, 0.3) is 0 Å². The largest absolute Gasteiger partial charge is 0.480 e. The second-order valence-electron chi connectivity index (χ2n) is 5.55. The molecule has 2 N–H and O–H groups in total. The summed E-state index contributed by atoms with van der Waals surface area (Å²) >= 11 is 0. The summed E-state index contributed by atoms with van der Waals surface area (Å²) in [6.07, 6.45) is 0.290. The van der Waals surface area contributed by atoms with Crippen LogP contribution in [0.3, 0.4) is 0 Å². The molecule has 0 fully saturated rings. The number of aliphatic carboxylic acids is 1. The molecule has 0 aliphatic carbocycles. The first-order valence-corrected chi connectivity index (χ1v) is 6.93. The van der Waals surface area contributed by atoms with E-state index < -0.39 is 12.0 Å². The first kappa shape index (κ1) is 16.2. The first-order chi connectivity index (χ1) is 9.31. The number of hydrogen-bond acceptors (Lipinski definition) is 2. The van der Waals surface area contributed by atoms with Gasteiger partial charge in [-0.1, -0.05) is 45.0 Å². The summed E-state index contributed by atoms with van der Waals surface area (Å²) in [7, 11) is 0. The molecule has 0 aliphatic rings. The van der Waals surface area contributed by atoms with Gasteiger partial charge in [-0.05, 0) is 29.9 Å². The molecule has 0 heterocycles. The van der Waals surface area contributed by atoms with Crippen molar-refractivity contribution in [3.63, 3.8) is 0 Å². The zero-order valence-electron chi connectivity index (χ0n) is 12.5. The van der Waals surface area contributed by atoms with Gasteiger partial charge in [0.05, 0.1) is 0 Å². The van der Waals surface area contributed by atoms with Crippen molar-refractivity contribution in [2.45, 2.75) is 52.0 Å². The molecule has 0 bridgehead atoms. The number of carboxylic acids is 1. The third-order valence-corrected chi connectivity index (χ3v) is 3.41. The summed E-state index contributed by atoms with van der Waals surface area (Å²) in [5.41, 5.74) is 2.36. The van der Waals surface area contributed by atoms with Gasteiger partial charge in [0.1, 0.15) is 6.04 Å². The van der Waals surface area contributed by atoms with Crippen LogP contribution in [-0.2, 0) is 9.59 Å². The van der Waals surface area contributed by atoms with Crippen molar-refractivity contribution in [1.29, 1.82) is 0 Å². The van der Waals surface area contributed by atoms with Crippen LogP contribution in [0, 0.1) is 0 Å². The second-order valence-corrected chi connectivity index (χ2v) is 5.55. The van der Waals surface area contributed by atoms with Crippen LogP contribution in [0.1, 0.15) is 57.1 Å². The van der Waals surface area contributed by atoms with Gasteiger partial charge in [-0.2, -0.15) is 0 Å². The van der Waals surface area contributed by atoms with Crippen LogP contribution < -0.4 is 5.32 Å². The van der Waals surface area contributed by atoms with E-state index >= 15 is 0 Å². The van der Waals surface area contributed by atoms with Gasteiger partial charge in [0.2, 0.25) is 5.91 Å². The molecule has 0 radical (unpaired) electrons. The van der Waals surface area contributed by atoms with Gasteiger partial charge in [-0.25, -0.2) is 0 Å². The minimum atomic E-state index is -1.02. The van der Waals surface area contributed by atoms with Gasteiger partial charge in [0, 0.05) is 6.42 Å². The Bertz CT molecular complexity index is 465. The molecule has 0 aliphatic heterocycles. The van der Waals surface area contributed by atoms with Crippen LogP contribution in [0.25, 0.3) is 0 Å². The summed E-state index contributed by atoms with van der Waals surface area (Å²) in [5, 5.41) is 11.2. The second kappa shape index (κ2) is 7.08. The maximum absolute atomic E-state index is 11.7. The SMILES string of the molecule is CC(C)c1ccc(C(C)CC(=O)N[C@H](C)C(=O)O)cc1. The quantitative estimate of drug-likeness (QED) is 0.840. The molecule has 110 valence electrons. The van der Waals surface area contributed by atoms with Crippen molar-refractivity contribution < 1.29 is 14.7 Å². The monoisotopic (exact) mass is 277 g/mol. The Morgan fingerprint density at radius 1 is 1.05 bits per heavy atom. The average Bonchev–Trinajstić information content (AvgIpc) is 2.38. The lowest BCUT2D eigenvalue weighted by Gasteiger charge is -2.15. The van der Waals surface area contributed by atoms with E-state index in [0.29, 0.717) is 12.3 Å². The van der Waals surface area contributed by atoms with Crippen molar-refractivity contribution in [3.05, 3.63) is 35.4 Å². The molecule has 0 aromatic heterocycles. The molecule has 2 atom stereocenters. The Morgan fingerprint density at radius 2 is 1.55 bits per heavy atom. The van der Waals surface area contributed by atoms with E-state index in [1.54, 1.807) is 0 Å². The normalized spacial score (nSPS) is 13.8. The predicted octanol–water partition coefficient (Wildman–Crippen LogP) is 2.89. The lowest BCUT2D eigenvalue weighted by atomic mass is 9.94. The van der Waals surface area contributed by atoms with Crippen molar-refractivity contribution >= 4 is 11.9 Å². The Labute approximate surface area is 120 Å². The fourth-order valence-electron chi connectivity index (χ4n) is 1.97. The number of carboxylic acid groups (broad SMARTS) is 1. The van der Waals surface area contributed by atoms with Gasteiger partial charge < -0.3 is 10.4 Å². The molecule has 1 amide bonds. The van der Waals surface area contributed by atoms with E-state index in [0.717, 1.165) is 5.56 Å². The Morgan fingerprint density at radius 3 is 2.00 bits per heavy atom. The van der Waals surface area contributed by atoms with E-state index in [1.807, 2.05) is 19.1 Å². The predicted molar refractivity (Wildman–Crippen MR) is 78.8 cm³/mol. The number of hydrogen-bond donors (Lipinski definition) is 2. The highest BCUT2D eigenvalue weighted by Crippen LogP contribution is 2.22. The summed E-state index contributed by atoms with van der Waals surface area (Å²) < 4.78 is 0. The molecule has 1 aromatic carbocycles. The fourth-order valence-corrected chi connectivity index (χ4v) is 1.97. The molecule has 1 rings (SSSR count). The smallest absolute Gasteiger partial charge is 0.325 e. The zero-order chi connectivity index (χ0) is 15.3. The Kier molecular flexibility index (Phi) is 5.74. The van der Waals surface area contributed by atoms with Crippen molar-refractivity contribution in [2.75, 3.05) is 0 Å². The molecular weight excluding hydrogens is 254 g/mol. The minimum absolute atomic E-state index is 0.0669. The molecule has 0 saturated heterocycles. The highest BCUT2D eigenvalue weighted by atomic mass is 16.4. The zero-order valence-corrected chi connectivity index (χ0v) is 12.5. The standard InChI is InChI=1S/C16H23NO3/c1-10(2)13-5-7-14(8-6-13)11(3)9-15(18)17-12(4)16(19)20/h5-8,10-12H,9H2,1-4H3,(H,17,18)(H,19,20)/t11?,12-/m1/s1. The van der Waals surface area contributed by atoms with E-state index in [-0.39, 0.29) is 11.8 Å². The summed E-state index contributed by atoms with van der Waals surface area (Å²) in [6, 6.07) is 7.38. The maximum Gasteiger partial charge on any atom is 0.325 e. The Hall–Kier alpha value is -1.84. The van der Waals surface area contributed by atoms with Gasteiger partial charge in [-0.15, -0.1) is 0 Å². The molecule has 4 nitrogen and oxygen atoms in total. The van der Waals surface area contributed by atoms with Crippen molar-refractivity contribution in [3.8, 4) is 0 Å². The third kappa shape index (κ3) is 4.68. The molecule has 0 spiro atoms. The number of nitrogens with one attached hydrogen (secondary N) is 1. The maximum atomic E-state index is 11.7. The van der Waals surface area contributed by atoms with Crippen LogP contribution >= 0.6 is 0 Å². The molecule has 1 unspecified atom stereocenters. The molecule has 20 heavy (non-hydrogen) atoms. The highest BCUT2D eigenvalue weighted by Gasteiger charge is 2.16. The van der Waals surface area contributed by atoms with Gasteiger partial charge in [-0.3, -0.25) is 9.59 Å².